The summed E-state index contributed by atoms with van der Waals surface area (Å²) in [4.78, 5) is 39.9. The van der Waals surface area contributed by atoms with E-state index in [1.54, 1.807) is 23.1 Å². The van der Waals surface area contributed by atoms with Crippen LogP contribution in [0.15, 0.2) is 48.5 Å². The van der Waals surface area contributed by atoms with E-state index in [1.165, 1.54) is 7.11 Å². The molecule has 2 aromatic rings. The van der Waals surface area contributed by atoms with E-state index in [0.29, 0.717) is 18.5 Å². The van der Waals surface area contributed by atoms with Crippen LogP contribution in [0.2, 0.25) is 0 Å². The summed E-state index contributed by atoms with van der Waals surface area (Å²) in [5.41, 5.74) is 2.50. The minimum Gasteiger partial charge on any atom is -0.465 e. The second kappa shape index (κ2) is 9.55. The van der Waals surface area contributed by atoms with Crippen molar-refractivity contribution in [2.24, 2.45) is 0 Å². The number of likely N-dealkylation sites (tertiary alicyclic amines) is 1. The van der Waals surface area contributed by atoms with Crippen molar-refractivity contribution in [3.63, 3.8) is 0 Å². The van der Waals surface area contributed by atoms with Gasteiger partial charge in [0.1, 0.15) is 11.6 Å². The predicted molar refractivity (Wildman–Crippen MR) is 122 cm³/mol. The molecular weight excluding hydrogens is 406 g/mol. The van der Waals surface area contributed by atoms with Crippen LogP contribution in [0.5, 0.6) is 0 Å². The molecule has 0 radical (unpaired) electrons. The molecule has 0 aromatic heterocycles. The first-order valence-electron chi connectivity index (χ1n) is 10.9. The van der Waals surface area contributed by atoms with Crippen LogP contribution in [0, 0.1) is 6.92 Å². The second-order valence-electron chi connectivity index (χ2n) is 9.20. The maximum absolute atomic E-state index is 13.6. The molecule has 0 bridgehead atoms. The van der Waals surface area contributed by atoms with Crippen LogP contribution in [-0.2, 0) is 20.7 Å². The summed E-state index contributed by atoms with van der Waals surface area (Å²) in [6.07, 6.45) is 0.396. The number of hydrogen-bond acceptors (Lipinski definition) is 5. The molecule has 6 nitrogen and oxygen atoms in total. The molecule has 2 aromatic carbocycles. The van der Waals surface area contributed by atoms with E-state index in [0.717, 1.165) is 16.7 Å². The number of hydrogen-bond donors (Lipinski definition) is 0. The highest BCUT2D eigenvalue weighted by atomic mass is 16.6. The molecule has 1 fully saturated rings. The zero-order chi connectivity index (χ0) is 23.5. The Morgan fingerprint density at radius 1 is 1.06 bits per heavy atom. The molecule has 1 amide bonds. The number of aryl methyl sites for hydroxylation is 1. The molecule has 0 unspecified atom stereocenters. The Morgan fingerprint density at radius 3 is 2.34 bits per heavy atom. The van der Waals surface area contributed by atoms with Crippen LogP contribution in [0.4, 0.5) is 4.79 Å². The van der Waals surface area contributed by atoms with Gasteiger partial charge in [-0.05, 0) is 62.9 Å². The van der Waals surface area contributed by atoms with Crippen LogP contribution in [0.25, 0.3) is 0 Å². The summed E-state index contributed by atoms with van der Waals surface area (Å²) in [7, 11) is 1.34. The largest absolute Gasteiger partial charge is 0.465 e. The van der Waals surface area contributed by atoms with Crippen LogP contribution < -0.4 is 0 Å². The quantitative estimate of drug-likeness (QED) is 0.635. The van der Waals surface area contributed by atoms with Gasteiger partial charge >= 0.3 is 12.1 Å². The van der Waals surface area contributed by atoms with Crippen molar-refractivity contribution < 1.29 is 23.9 Å². The number of rotatable bonds is 5. The van der Waals surface area contributed by atoms with Crippen molar-refractivity contribution in [3.05, 3.63) is 70.8 Å². The Labute approximate surface area is 189 Å². The van der Waals surface area contributed by atoms with Crippen LogP contribution in [0.1, 0.15) is 60.2 Å². The van der Waals surface area contributed by atoms with Gasteiger partial charge < -0.3 is 9.47 Å². The van der Waals surface area contributed by atoms with Crippen molar-refractivity contribution in [2.75, 3.05) is 13.7 Å². The fraction of sp³-hybridized carbons (Fsp3) is 0.423. The topological polar surface area (TPSA) is 72.9 Å². The SMILES string of the molecule is COC(=O)c1ccc(CC(=O)[C@@H]2[C@H](c3ccccc3)CCN2C(=O)OC(C)(C)C)c(C)c1. The number of methoxy groups -OCH3 is 1. The fourth-order valence-electron chi connectivity index (χ4n) is 4.20. The molecule has 3 rings (SSSR count). The van der Waals surface area contributed by atoms with E-state index in [2.05, 4.69) is 0 Å². The van der Waals surface area contributed by atoms with Gasteiger partial charge in [0.25, 0.3) is 0 Å². The van der Waals surface area contributed by atoms with E-state index >= 15 is 0 Å². The number of esters is 1. The zero-order valence-electron chi connectivity index (χ0n) is 19.4. The highest BCUT2D eigenvalue weighted by Gasteiger charge is 2.43. The van der Waals surface area contributed by atoms with E-state index < -0.39 is 23.7 Å². The number of nitrogens with zero attached hydrogens (tertiary/aromatic N) is 1. The van der Waals surface area contributed by atoms with Crippen LogP contribution >= 0.6 is 0 Å². The summed E-state index contributed by atoms with van der Waals surface area (Å²) in [5, 5.41) is 0. The molecule has 0 aliphatic carbocycles. The molecule has 0 saturated carbocycles. The molecule has 1 heterocycles. The van der Waals surface area contributed by atoms with Gasteiger partial charge in [-0.2, -0.15) is 0 Å². The molecule has 170 valence electrons. The summed E-state index contributed by atoms with van der Waals surface area (Å²) in [6.45, 7) is 7.78. The standard InChI is InChI=1S/C26H31NO5/c1-17-15-20(24(29)31-5)12-11-19(17)16-22(28)23-21(18-9-7-6-8-10-18)13-14-27(23)25(30)32-26(2,3)4/h6-12,15,21,23H,13-14,16H2,1-5H3/t21-,23-/m0/s1. The maximum atomic E-state index is 13.6. The highest BCUT2D eigenvalue weighted by molar-refractivity contribution is 5.92. The lowest BCUT2D eigenvalue weighted by molar-refractivity contribution is -0.123. The van der Waals surface area contributed by atoms with Crippen molar-refractivity contribution >= 4 is 17.8 Å². The third-order valence-corrected chi connectivity index (χ3v) is 5.71. The van der Waals surface area contributed by atoms with Crippen LogP contribution in [0.3, 0.4) is 0 Å². The fourth-order valence-corrected chi connectivity index (χ4v) is 4.20. The summed E-state index contributed by atoms with van der Waals surface area (Å²) in [6, 6.07) is 14.4. The molecular formula is C26H31NO5. The molecule has 6 heteroatoms. The molecule has 1 saturated heterocycles. The number of Topliss-reactive ketones (excluding diaryl/α,β-unsaturated/α-hetero) is 1. The number of ketones is 1. The monoisotopic (exact) mass is 437 g/mol. The molecule has 2 atom stereocenters. The van der Waals surface area contributed by atoms with Gasteiger partial charge in [0.05, 0.1) is 12.7 Å². The number of ether oxygens (including phenoxy) is 2. The smallest absolute Gasteiger partial charge is 0.410 e. The minimum absolute atomic E-state index is 0.0452. The zero-order valence-corrected chi connectivity index (χ0v) is 19.4. The number of amides is 1. The van der Waals surface area contributed by atoms with Crippen molar-refractivity contribution in [2.45, 2.75) is 58.1 Å². The average molecular weight is 438 g/mol. The lowest BCUT2D eigenvalue weighted by atomic mass is 9.87. The Morgan fingerprint density at radius 2 is 1.75 bits per heavy atom. The summed E-state index contributed by atoms with van der Waals surface area (Å²) in [5.74, 6) is -0.552. The van der Waals surface area contributed by atoms with Gasteiger partial charge in [0, 0.05) is 18.9 Å². The third kappa shape index (κ3) is 5.36. The predicted octanol–water partition coefficient (Wildman–Crippen LogP) is 4.69. The Balaban J connectivity index is 1.88. The van der Waals surface area contributed by atoms with E-state index in [-0.39, 0.29) is 18.1 Å². The second-order valence-corrected chi connectivity index (χ2v) is 9.20. The van der Waals surface area contributed by atoms with Gasteiger partial charge in [-0.15, -0.1) is 0 Å². The van der Waals surface area contributed by atoms with Gasteiger partial charge in [-0.25, -0.2) is 9.59 Å². The molecule has 1 aliphatic rings. The summed E-state index contributed by atoms with van der Waals surface area (Å²) < 4.78 is 10.4. The molecule has 1 aliphatic heterocycles. The average Bonchev–Trinajstić information content (AvgIpc) is 3.19. The van der Waals surface area contributed by atoms with Gasteiger partial charge in [0.15, 0.2) is 5.78 Å². The van der Waals surface area contributed by atoms with Crippen molar-refractivity contribution in [1.82, 2.24) is 4.90 Å². The molecule has 0 N–H and O–H groups in total. The Hall–Kier alpha value is -3.15. The lowest BCUT2D eigenvalue weighted by Gasteiger charge is -2.30. The highest BCUT2D eigenvalue weighted by Crippen LogP contribution is 2.35. The first-order valence-corrected chi connectivity index (χ1v) is 10.9. The summed E-state index contributed by atoms with van der Waals surface area (Å²) >= 11 is 0. The maximum Gasteiger partial charge on any atom is 0.410 e. The van der Waals surface area contributed by atoms with Gasteiger partial charge in [-0.3, -0.25) is 9.69 Å². The third-order valence-electron chi connectivity index (χ3n) is 5.71. The minimum atomic E-state index is -0.643. The van der Waals surface area contributed by atoms with E-state index in [4.69, 9.17) is 9.47 Å². The van der Waals surface area contributed by atoms with Gasteiger partial charge in [-0.1, -0.05) is 36.4 Å². The number of benzene rings is 2. The number of carbonyl (C=O) groups is 3. The molecule has 32 heavy (non-hydrogen) atoms. The lowest BCUT2D eigenvalue weighted by Crippen LogP contribution is -2.45. The van der Waals surface area contributed by atoms with Crippen molar-refractivity contribution in [1.29, 1.82) is 0 Å². The first-order chi connectivity index (χ1) is 15.1. The van der Waals surface area contributed by atoms with Crippen molar-refractivity contribution in [3.8, 4) is 0 Å². The Kier molecular flexibility index (Phi) is 7.02. The van der Waals surface area contributed by atoms with Crippen LogP contribution in [-0.4, -0.2) is 48.0 Å². The van der Waals surface area contributed by atoms with E-state index in [1.807, 2.05) is 58.0 Å². The first kappa shape index (κ1) is 23.5. The number of carbonyl (C=O) groups excluding carboxylic acids is 3. The van der Waals surface area contributed by atoms with E-state index in [9.17, 15) is 14.4 Å². The molecule has 0 spiro atoms. The Bertz CT molecular complexity index is 993. The van der Waals surface area contributed by atoms with Gasteiger partial charge in [0.2, 0.25) is 0 Å². The normalized spacial score (nSPS) is 18.3.